The molecular formula is C11H20N2O4. The number of hydrogen-bond acceptors (Lipinski definition) is 4. The van der Waals surface area contributed by atoms with Crippen molar-refractivity contribution in [1.29, 1.82) is 0 Å². The lowest BCUT2D eigenvalue weighted by Crippen LogP contribution is -2.44. The number of carboxylic acids is 1. The highest BCUT2D eigenvalue weighted by Crippen LogP contribution is 2.17. The number of carboxylic acid groups (broad SMARTS) is 1. The number of carbonyl (C=O) groups is 2. The van der Waals surface area contributed by atoms with Gasteiger partial charge in [-0.05, 0) is 19.9 Å². The number of aliphatic hydroxyl groups is 1. The van der Waals surface area contributed by atoms with E-state index in [1.165, 1.54) is 0 Å². The smallest absolute Gasteiger partial charge is 0.306 e. The highest BCUT2D eigenvalue weighted by molar-refractivity contribution is 5.78. The molecule has 2 N–H and O–H groups in total. The van der Waals surface area contributed by atoms with Crippen LogP contribution in [0.25, 0.3) is 0 Å². The number of amides is 1. The van der Waals surface area contributed by atoms with E-state index < -0.39 is 5.97 Å². The fourth-order valence-corrected chi connectivity index (χ4v) is 1.96. The predicted molar refractivity (Wildman–Crippen MR) is 61.5 cm³/mol. The van der Waals surface area contributed by atoms with Crippen LogP contribution in [0.15, 0.2) is 0 Å². The summed E-state index contributed by atoms with van der Waals surface area (Å²) in [6.45, 7) is 1.81. The monoisotopic (exact) mass is 244 g/mol. The van der Waals surface area contributed by atoms with Gasteiger partial charge in [0.05, 0.1) is 19.1 Å². The molecule has 1 amide bonds. The van der Waals surface area contributed by atoms with Crippen LogP contribution in [0, 0.1) is 5.92 Å². The van der Waals surface area contributed by atoms with Crippen LogP contribution < -0.4 is 0 Å². The SMILES string of the molecule is CN(CCO)CC(=O)N1CCC(C(=O)O)CC1. The Morgan fingerprint density at radius 2 is 1.94 bits per heavy atom. The summed E-state index contributed by atoms with van der Waals surface area (Å²) in [5, 5.41) is 17.6. The van der Waals surface area contributed by atoms with Crippen LogP contribution in [0.4, 0.5) is 0 Å². The summed E-state index contributed by atoms with van der Waals surface area (Å²) in [7, 11) is 1.78. The van der Waals surface area contributed by atoms with Crippen LogP contribution >= 0.6 is 0 Å². The standard InChI is InChI=1S/C11H20N2O4/c1-12(6-7-14)8-10(15)13-4-2-9(3-5-13)11(16)17/h9,14H,2-8H2,1H3,(H,16,17). The second-order valence-corrected chi connectivity index (χ2v) is 4.45. The Bertz CT molecular complexity index is 275. The number of carbonyl (C=O) groups excluding carboxylic acids is 1. The second kappa shape index (κ2) is 6.56. The van der Waals surface area contributed by atoms with E-state index in [9.17, 15) is 9.59 Å². The van der Waals surface area contributed by atoms with Gasteiger partial charge >= 0.3 is 5.97 Å². The molecule has 17 heavy (non-hydrogen) atoms. The Balaban J connectivity index is 2.33. The Labute approximate surface area is 101 Å². The molecule has 98 valence electrons. The van der Waals surface area contributed by atoms with E-state index in [0.29, 0.717) is 32.5 Å². The average molecular weight is 244 g/mol. The molecule has 0 aromatic heterocycles. The van der Waals surface area contributed by atoms with Gasteiger partial charge in [-0.15, -0.1) is 0 Å². The van der Waals surface area contributed by atoms with Crippen molar-refractivity contribution in [1.82, 2.24) is 9.80 Å². The molecule has 6 nitrogen and oxygen atoms in total. The van der Waals surface area contributed by atoms with E-state index in [2.05, 4.69) is 0 Å². The molecule has 0 aliphatic carbocycles. The zero-order valence-corrected chi connectivity index (χ0v) is 10.1. The van der Waals surface area contributed by atoms with Gasteiger partial charge in [0.2, 0.25) is 5.91 Å². The largest absolute Gasteiger partial charge is 0.481 e. The van der Waals surface area contributed by atoms with Crippen molar-refractivity contribution >= 4 is 11.9 Å². The minimum Gasteiger partial charge on any atom is -0.481 e. The molecule has 1 aliphatic rings. The minimum atomic E-state index is -0.769. The summed E-state index contributed by atoms with van der Waals surface area (Å²) in [5.74, 6) is -1.08. The minimum absolute atomic E-state index is 0.00443. The molecular weight excluding hydrogens is 224 g/mol. The van der Waals surface area contributed by atoms with E-state index in [4.69, 9.17) is 10.2 Å². The van der Waals surface area contributed by atoms with Gasteiger partial charge in [0.1, 0.15) is 0 Å². The highest BCUT2D eigenvalue weighted by atomic mass is 16.4. The first-order chi connectivity index (χ1) is 8.04. The molecule has 0 spiro atoms. The summed E-state index contributed by atoms with van der Waals surface area (Å²) in [6, 6.07) is 0. The lowest BCUT2D eigenvalue weighted by molar-refractivity contribution is -0.145. The second-order valence-electron chi connectivity index (χ2n) is 4.45. The van der Waals surface area contributed by atoms with E-state index in [-0.39, 0.29) is 25.0 Å². The fourth-order valence-electron chi connectivity index (χ4n) is 1.96. The molecule has 0 aromatic rings. The van der Waals surface area contributed by atoms with Gasteiger partial charge in [-0.1, -0.05) is 0 Å². The maximum atomic E-state index is 11.8. The van der Waals surface area contributed by atoms with Crippen LogP contribution in [-0.2, 0) is 9.59 Å². The molecule has 0 unspecified atom stereocenters. The fraction of sp³-hybridized carbons (Fsp3) is 0.818. The maximum absolute atomic E-state index is 11.8. The summed E-state index contributed by atoms with van der Waals surface area (Å²) < 4.78 is 0. The number of nitrogens with zero attached hydrogens (tertiary/aromatic N) is 2. The Kier molecular flexibility index (Phi) is 5.37. The van der Waals surface area contributed by atoms with Gasteiger partial charge in [-0.2, -0.15) is 0 Å². The first-order valence-corrected chi connectivity index (χ1v) is 5.84. The van der Waals surface area contributed by atoms with Crippen LogP contribution in [0.5, 0.6) is 0 Å². The third-order valence-electron chi connectivity index (χ3n) is 3.08. The number of aliphatic carboxylic acids is 1. The first-order valence-electron chi connectivity index (χ1n) is 5.84. The maximum Gasteiger partial charge on any atom is 0.306 e. The molecule has 6 heteroatoms. The van der Waals surface area contributed by atoms with E-state index >= 15 is 0 Å². The van der Waals surface area contributed by atoms with Crippen molar-refractivity contribution < 1.29 is 19.8 Å². The molecule has 1 aliphatic heterocycles. The topological polar surface area (TPSA) is 81.1 Å². The third kappa shape index (κ3) is 4.32. The zero-order chi connectivity index (χ0) is 12.8. The molecule has 0 saturated carbocycles. The van der Waals surface area contributed by atoms with E-state index in [1.54, 1.807) is 16.8 Å². The van der Waals surface area contributed by atoms with Crippen molar-refractivity contribution in [3.05, 3.63) is 0 Å². The molecule has 1 rings (SSSR count). The average Bonchev–Trinajstić information content (AvgIpc) is 2.29. The molecule has 0 aromatic carbocycles. The van der Waals surface area contributed by atoms with Crippen LogP contribution in [0.3, 0.4) is 0 Å². The summed E-state index contributed by atoms with van der Waals surface area (Å²) in [6.07, 6.45) is 1.07. The number of rotatable bonds is 5. The number of piperidine rings is 1. The lowest BCUT2D eigenvalue weighted by Gasteiger charge is -2.31. The molecule has 1 fully saturated rings. The normalized spacial score (nSPS) is 17.5. The number of hydrogen-bond donors (Lipinski definition) is 2. The van der Waals surface area contributed by atoms with Crippen molar-refractivity contribution in [2.24, 2.45) is 5.92 Å². The van der Waals surface area contributed by atoms with Crippen LogP contribution in [0.2, 0.25) is 0 Å². The van der Waals surface area contributed by atoms with E-state index in [0.717, 1.165) is 0 Å². The van der Waals surface area contributed by atoms with Gasteiger partial charge in [-0.25, -0.2) is 0 Å². The first kappa shape index (κ1) is 13.9. The highest BCUT2D eigenvalue weighted by Gasteiger charge is 2.27. The Hall–Kier alpha value is -1.14. The van der Waals surface area contributed by atoms with Crippen molar-refractivity contribution in [3.63, 3.8) is 0 Å². The van der Waals surface area contributed by atoms with Crippen LogP contribution in [0.1, 0.15) is 12.8 Å². The lowest BCUT2D eigenvalue weighted by atomic mass is 9.97. The summed E-state index contributed by atoms with van der Waals surface area (Å²) in [4.78, 5) is 26.0. The van der Waals surface area contributed by atoms with Crippen molar-refractivity contribution in [2.75, 3.05) is 39.8 Å². The van der Waals surface area contributed by atoms with Gasteiger partial charge in [0.25, 0.3) is 0 Å². The molecule has 0 atom stereocenters. The van der Waals surface area contributed by atoms with Gasteiger partial charge < -0.3 is 15.1 Å². The summed E-state index contributed by atoms with van der Waals surface area (Å²) >= 11 is 0. The molecule has 1 heterocycles. The third-order valence-corrected chi connectivity index (χ3v) is 3.08. The number of likely N-dealkylation sites (tertiary alicyclic amines) is 1. The zero-order valence-electron chi connectivity index (χ0n) is 10.1. The van der Waals surface area contributed by atoms with Crippen molar-refractivity contribution in [3.8, 4) is 0 Å². The quantitative estimate of drug-likeness (QED) is 0.664. The van der Waals surface area contributed by atoms with Gasteiger partial charge in [0, 0.05) is 19.6 Å². The van der Waals surface area contributed by atoms with Crippen LogP contribution in [-0.4, -0.2) is 71.7 Å². The Morgan fingerprint density at radius 1 is 1.35 bits per heavy atom. The van der Waals surface area contributed by atoms with Crippen molar-refractivity contribution in [2.45, 2.75) is 12.8 Å². The molecule has 0 bridgehead atoms. The Morgan fingerprint density at radius 3 is 2.41 bits per heavy atom. The summed E-state index contributed by atoms with van der Waals surface area (Å²) in [5.41, 5.74) is 0. The molecule has 1 saturated heterocycles. The van der Waals surface area contributed by atoms with Gasteiger partial charge in [-0.3, -0.25) is 14.5 Å². The molecule has 0 radical (unpaired) electrons. The predicted octanol–water partition coefficient (Wildman–Crippen LogP) is -0.766. The van der Waals surface area contributed by atoms with Gasteiger partial charge in [0.15, 0.2) is 0 Å². The number of likely N-dealkylation sites (N-methyl/N-ethyl adjacent to an activating group) is 1. The van der Waals surface area contributed by atoms with E-state index in [1.807, 2.05) is 0 Å². The number of aliphatic hydroxyl groups excluding tert-OH is 1.